The topological polar surface area (TPSA) is 117 Å². The lowest BCUT2D eigenvalue weighted by Crippen LogP contribution is -2.12. The molecule has 0 bridgehead atoms. The van der Waals surface area contributed by atoms with Gasteiger partial charge in [0.2, 0.25) is 0 Å². The first-order chi connectivity index (χ1) is 15.8. The van der Waals surface area contributed by atoms with Crippen LogP contribution in [0.25, 0.3) is 22.3 Å². The Morgan fingerprint density at radius 1 is 1.00 bits per heavy atom. The number of phenolic OH excluding ortho intramolecular Hbond substituents is 3. The third-order valence-corrected chi connectivity index (χ3v) is 5.68. The van der Waals surface area contributed by atoms with Crippen LogP contribution in [0.4, 0.5) is 0 Å². The summed E-state index contributed by atoms with van der Waals surface area (Å²) < 4.78 is 10.9. The van der Waals surface area contributed by atoms with Crippen molar-refractivity contribution in [2.75, 3.05) is 7.11 Å². The zero-order valence-corrected chi connectivity index (χ0v) is 18.2. The van der Waals surface area contributed by atoms with E-state index in [9.17, 15) is 24.9 Å². The molecule has 4 aromatic rings. The lowest BCUT2D eigenvalue weighted by atomic mass is 9.86. The van der Waals surface area contributed by atoms with Crippen molar-refractivity contribution in [3.8, 4) is 28.6 Å². The maximum Gasteiger partial charge on any atom is 0.306 e. The fraction of sp³-hybridized carbons (Fsp3) is 0.120. The molecule has 0 aliphatic carbocycles. The van der Waals surface area contributed by atoms with Crippen LogP contribution < -0.4 is 5.43 Å². The van der Waals surface area contributed by atoms with Gasteiger partial charge in [0.15, 0.2) is 5.43 Å². The molecule has 0 saturated heterocycles. The maximum absolute atomic E-state index is 12.9. The molecule has 33 heavy (non-hydrogen) atoms. The molecule has 0 aliphatic heterocycles. The van der Waals surface area contributed by atoms with Crippen molar-refractivity contribution in [1.29, 1.82) is 0 Å². The summed E-state index contributed by atoms with van der Waals surface area (Å²) in [6.07, 6.45) is -0.232. The van der Waals surface area contributed by atoms with Crippen molar-refractivity contribution >= 4 is 28.5 Å². The van der Waals surface area contributed by atoms with E-state index in [2.05, 4.69) is 0 Å². The zero-order chi connectivity index (χ0) is 23.7. The Balaban J connectivity index is 2.05. The molecule has 0 fully saturated rings. The van der Waals surface area contributed by atoms with E-state index in [4.69, 9.17) is 20.8 Å². The van der Waals surface area contributed by atoms with Crippen molar-refractivity contribution in [3.63, 3.8) is 0 Å². The van der Waals surface area contributed by atoms with Crippen LogP contribution in [0.2, 0.25) is 5.02 Å². The van der Waals surface area contributed by atoms with Gasteiger partial charge in [0.1, 0.15) is 34.0 Å². The van der Waals surface area contributed by atoms with Gasteiger partial charge in [-0.15, -0.1) is 0 Å². The summed E-state index contributed by atoms with van der Waals surface area (Å²) in [5.74, 6) is -2.24. The number of aromatic hydroxyl groups is 3. The van der Waals surface area contributed by atoms with E-state index in [1.165, 1.54) is 31.4 Å². The molecule has 4 rings (SSSR count). The molecular weight excluding hydrogens is 448 g/mol. The number of esters is 1. The summed E-state index contributed by atoms with van der Waals surface area (Å²) in [6.45, 7) is 0. The Kier molecular flexibility index (Phi) is 5.98. The second-order valence-electron chi connectivity index (χ2n) is 7.42. The highest BCUT2D eigenvalue weighted by molar-refractivity contribution is 6.32. The molecule has 1 aromatic heterocycles. The smallest absolute Gasteiger partial charge is 0.306 e. The minimum absolute atomic E-state index is 0.0383. The van der Waals surface area contributed by atoms with Crippen molar-refractivity contribution < 1.29 is 29.3 Å². The molecule has 8 heteroatoms. The van der Waals surface area contributed by atoms with Crippen LogP contribution in [0, 0.1) is 0 Å². The number of hydrogen-bond donors (Lipinski definition) is 3. The van der Waals surface area contributed by atoms with E-state index in [0.717, 1.165) is 6.07 Å². The number of phenols is 3. The van der Waals surface area contributed by atoms with Crippen LogP contribution in [-0.4, -0.2) is 28.4 Å². The summed E-state index contributed by atoms with van der Waals surface area (Å²) in [4.78, 5) is 25.2. The van der Waals surface area contributed by atoms with Crippen LogP contribution in [-0.2, 0) is 9.53 Å². The predicted octanol–water partition coefficient (Wildman–Crippen LogP) is 4.93. The monoisotopic (exact) mass is 466 g/mol. The number of benzene rings is 3. The largest absolute Gasteiger partial charge is 0.507 e. The molecule has 1 heterocycles. The number of halogens is 1. The number of rotatable bonds is 5. The Bertz CT molecular complexity index is 1410. The molecule has 0 aliphatic rings. The van der Waals surface area contributed by atoms with E-state index in [0.29, 0.717) is 11.1 Å². The number of ether oxygens (including phenoxy) is 1. The van der Waals surface area contributed by atoms with Crippen LogP contribution in [0.5, 0.6) is 17.2 Å². The average molecular weight is 467 g/mol. The van der Waals surface area contributed by atoms with E-state index in [1.54, 1.807) is 24.3 Å². The van der Waals surface area contributed by atoms with Crippen LogP contribution in [0.1, 0.15) is 23.5 Å². The van der Waals surface area contributed by atoms with Gasteiger partial charge in [-0.05, 0) is 17.7 Å². The third-order valence-electron chi connectivity index (χ3n) is 5.38. The number of carbonyl (C=O) groups is 1. The number of carbonyl (C=O) groups excluding carboxylic acids is 1. The summed E-state index contributed by atoms with van der Waals surface area (Å²) in [5.41, 5.74) is 0.580. The molecule has 3 aromatic carbocycles. The molecule has 1 atom stereocenters. The first-order valence-corrected chi connectivity index (χ1v) is 10.3. The van der Waals surface area contributed by atoms with Gasteiger partial charge in [0, 0.05) is 29.2 Å². The average Bonchev–Trinajstić information content (AvgIpc) is 2.80. The molecule has 0 saturated carbocycles. The van der Waals surface area contributed by atoms with Gasteiger partial charge < -0.3 is 24.5 Å². The van der Waals surface area contributed by atoms with Crippen molar-refractivity contribution in [1.82, 2.24) is 0 Å². The summed E-state index contributed by atoms with van der Waals surface area (Å²) >= 11 is 6.09. The molecule has 7 nitrogen and oxygen atoms in total. The molecule has 0 spiro atoms. The van der Waals surface area contributed by atoms with Gasteiger partial charge in [0.05, 0.1) is 18.6 Å². The lowest BCUT2D eigenvalue weighted by molar-refractivity contribution is -0.140. The fourth-order valence-electron chi connectivity index (χ4n) is 3.78. The minimum Gasteiger partial charge on any atom is -0.507 e. The fourth-order valence-corrected chi connectivity index (χ4v) is 3.97. The van der Waals surface area contributed by atoms with Crippen LogP contribution in [0.3, 0.4) is 0 Å². The quantitative estimate of drug-likeness (QED) is 0.357. The molecule has 0 amide bonds. The normalized spacial score (nSPS) is 11.9. The second-order valence-corrected chi connectivity index (χ2v) is 7.82. The van der Waals surface area contributed by atoms with E-state index in [-0.39, 0.29) is 45.2 Å². The summed E-state index contributed by atoms with van der Waals surface area (Å²) in [7, 11) is 1.23. The maximum atomic E-state index is 12.9. The van der Waals surface area contributed by atoms with E-state index in [1.807, 2.05) is 6.07 Å². The SMILES string of the molecule is COC(=O)C[C@H](c1ccc(O)c(Cl)c1)c1c(O)cc(O)c2c(=O)cc(-c3ccccc3)oc12. The Hall–Kier alpha value is -3.97. The molecule has 0 radical (unpaired) electrons. The van der Waals surface area contributed by atoms with Gasteiger partial charge >= 0.3 is 5.97 Å². The van der Waals surface area contributed by atoms with Gasteiger partial charge in [0.25, 0.3) is 0 Å². The van der Waals surface area contributed by atoms with Crippen molar-refractivity contribution in [2.45, 2.75) is 12.3 Å². The summed E-state index contributed by atoms with van der Waals surface area (Å²) in [6, 6.07) is 15.5. The zero-order valence-electron chi connectivity index (χ0n) is 17.4. The lowest BCUT2D eigenvalue weighted by Gasteiger charge is -2.20. The number of methoxy groups -OCH3 is 1. The van der Waals surface area contributed by atoms with Crippen molar-refractivity contribution in [3.05, 3.63) is 87.0 Å². The van der Waals surface area contributed by atoms with E-state index < -0.39 is 23.1 Å². The van der Waals surface area contributed by atoms with Gasteiger partial charge in [-0.3, -0.25) is 9.59 Å². The summed E-state index contributed by atoms with van der Waals surface area (Å²) in [5, 5.41) is 31.0. The first-order valence-electron chi connectivity index (χ1n) is 9.93. The molecule has 3 N–H and O–H groups in total. The van der Waals surface area contributed by atoms with Crippen LogP contribution >= 0.6 is 11.6 Å². The van der Waals surface area contributed by atoms with E-state index >= 15 is 0 Å². The first kappa shape index (κ1) is 22.2. The third kappa shape index (κ3) is 4.23. The van der Waals surface area contributed by atoms with Gasteiger partial charge in [-0.1, -0.05) is 48.0 Å². The second kappa shape index (κ2) is 8.88. The van der Waals surface area contributed by atoms with Crippen molar-refractivity contribution in [2.24, 2.45) is 0 Å². The highest BCUT2D eigenvalue weighted by atomic mass is 35.5. The Morgan fingerprint density at radius 2 is 1.73 bits per heavy atom. The Labute approximate surface area is 193 Å². The predicted molar refractivity (Wildman–Crippen MR) is 123 cm³/mol. The molecule has 0 unspecified atom stereocenters. The number of fused-ring (bicyclic) bond motifs is 1. The minimum atomic E-state index is -0.868. The van der Waals surface area contributed by atoms with Crippen LogP contribution in [0.15, 0.2) is 69.9 Å². The Morgan fingerprint density at radius 3 is 2.39 bits per heavy atom. The highest BCUT2D eigenvalue weighted by Crippen LogP contribution is 2.43. The van der Waals surface area contributed by atoms with Gasteiger partial charge in [-0.2, -0.15) is 0 Å². The van der Waals surface area contributed by atoms with Gasteiger partial charge in [-0.25, -0.2) is 0 Å². The molecule has 168 valence electrons. The standard InChI is InChI=1S/C25H19ClO7/c1-32-22(31)10-15(14-7-8-17(27)16(26)9-14)23-18(28)11-19(29)24-20(30)12-21(33-25(23)24)13-5-3-2-4-6-13/h2-9,11-12,15,27-29H,10H2,1H3/t15-/m1/s1. The molecular formula is C25H19ClO7. The highest BCUT2D eigenvalue weighted by Gasteiger charge is 2.28. The number of hydrogen-bond acceptors (Lipinski definition) is 7.